The summed E-state index contributed by atoms with van der Waals surface area (Å²) >= 11 is 0. The van der Waals surface area contributed by atoms with Crippen molar-refractivity contribution in [1.82, 2.24) is 9.47 Å². The minimum atomic E-state index is -3.86. The van der Waals surface area contributed by atoms with Crippen LogP contribution in [0.5, 0.6) is 5.75 Å². The van der Waals surface area contributed by atoms with Gasteiger partial charge in [0.1, 0.15) is 0 Å². The second kappa shape index (κ2) is 8.71. The Balaban J connectivity index is 2.21. The monoisotopic (exact) mass is 428 g/mol. The molecular formula is C22H24N2O5S. The molecule has 2 heterocycles. The Hall–Kier alpha value is -3.13. The Morgan fingerprint density at radius 1 is 1.23 bits per heavy atom. The molecule has 1 unspecified atom stereocenters. The number of carbonyl (C=O) groups excluding carboxylic acids is 1. The van der Waals surface area contributed by atoms with Gasteiger partial charge >= 0.3 is 0 Å². The number of carbonyl (C=O) groups is 1. The van der Waals surface area contributed by atoms with Gasteiger partial charge in [-0.25, -0.2) is 8.42 Å². The molecule has 0 spiro atoms. The van der Waals surface area contributed by atoms with Gasteiger partial charge in [0.25, 0.3) is 5.56 Å². The standard InChI is InChI=1S/C22H24N2O5S/c1-4-11-23(12-5-2)22(26)20-19-17(15-30(20,27)28)13-18(29-3)21(25)24(19)14-16-9-7-6-8-10-16/h4-10,13,20H,1-2,11-12,14-15H2,3H3. The molecule has 1 aromatic heterocycles. The van der Waals surface area contributed by atoms with Crippen molar-refractivity contribution in [3.63, 3.8) is 0 Å². The van der Waals surface area contributed by atoms with Crippen LogP contribution in [0.3, 0.4) is 0 Å². The molecular weight excluding hydrogens is 404 g/mol. The van der Waals surface area contributed by atoms with Gasteiger partial charge in [0.15, 0.2) is 20.8 Å². The minimum absolute atomic E-state index is 0.0435. The lowest BCUT2D eigenvalue weighted by Gasteiger charge is -2.24. The molecule has 3 rings (SSSR count). The van der Waals surface area contributed by atoms with Crippen molar-refractivity contribution in [2.24, 2.45) is 0 Å². The van der Waals surface area contributed by atoms with E-state index in [2.05, 4.69) is 13.2 Å². The van der Waals surface area contributed by atoms with E-state index in [0.29, 0.717) is 5.56 Å². The predicted molar refractivity (Wildman–Crippen MR) is 115 cm³/mol. The molecule has 158 valence electrons. The van der Waals surface area contributed by atoms with Gasteiger partial charge in [-0.15, -0.1) is 13.2 Å². The first-order valence-electron chi connectivity index (χ1n) is 9.40. The summed E-state index contributed by atoms with van der Waals surface area (Å²) in [6.07, 6.45) is 3.05. The van der Waals surface area contributed by atoms with Crippen molar-refractivity contribution >= 4 is 15.7 Å². The lowest BCUT2D eigenvalue weighted by molar-refractivity contribution is -0.129. The molecule has 0 N–H and O–H groups in total. The van der Waals surface area contributed by atoms with Crippen molar-refractivity contribution in [2.45, 2.75) is 17.5 Å². The van der Waals surface area contributed by atoms with E-state index in [1.165, 1.54) is 34.8 Å². The van der Waals surface area contributed by atoms with Crippen molar-refractivity contribution in [2.75, 3.05) is 20.2 Å². The zero-order valence-electron chi connectivity index (χ0n) is 16.8. The minimum Gasteiger partial charge on any atom is -0.491 e. The van der Waals surface area contributed by atoms with Crippen LogP contribution in [0.15, 0.2) is 66.5 Å². The van der Waals surface area contributed by atoms with E-state index in [9.17, 15) is 18.0 Å². The summed E-state index contributed by atoms with van der Waals surface area (Å²) in [6, 6.07) is 10.6. The molecule has 8 heteroatoms. The van der Waals surface area contributed by atoms with E-state index in [4.69, 9.17) is 4.74 Å². The summed E-state index contributed by atoms with van der Waals surface area (Å²) in [4.78, 5) is 27.7. The highest BCUT2D eigenvalue weighted by atomic mass is 32.2. The summed E-state index contributed by atoms with van der Waals surface area (Å²) in [5.41, 5.74) is 0.930. The lowest BCUT2D eigenvalue weighted by Crippen LogP contribution is -2.39. The average Bonchev–Trinajstić information content (AvgIpc) is 2.99. The first-order valence-corrected chi connectivity index (χ1v) is 11.1. The molecule has 1 amide bonds. The summed E-state index contributed by atoms with van der Waals surface area (Å²) in [7, 11) is -2.50. The van der Waals surface area contributed by atoms with Crippen molar-refractivity contribution in [3.8, 4) is 5.75 Å². The quantitative estimate of drug-likeness (QED) is 0.601. The number of fused-ring (bicyclic) bond motifs is 1. The van der Waals surface area contributed by atoms with Crippen LogP contribution in [0.2, 0.25) is 0 Å². The van der Waals surface area contributed by atoms with Crippen molar-refractivity contribution < 1.29 is 17.9 Å². The first-order chi connectivity index (χ1) is 14.3. The van der Waals surface area contributed by atoms with E-state index in [0.717, 1.165) is 5.56 Å². The SMILES string of the molecule is C=CCN(CC=C)C(=O)C1c2c(cc(OC)c(=O)n2Cc2ccccc2)CS1(=O)=O. The Kier molecular flexibility index (Phi) is 6.26. The van der Waals surface area contributed by atoms with Gasteiger partial charge in [-0.2, -0.15) is 0 Å². The van der Waals surface area contributed by atoms with E-state index in [1.807, 2.05) is 30.3 Å². The van der Waals surface area contributed by atoms with Crippen LogP contribution >= 0.6 is 0 Å². The highest BCUT2D eigenvalue weighted by molar-refractivity contribution is 7.92. The maximum absolute atomic E-state index is 13.3. The second-order valence-corrected chi connectivity index (χ2v) is 9.09. The van der Waals surface area contributed by atoms with Crippen LogP contribution in [0, 0.1) is 0 Å². The van der Waals surface area contributed by atoms with Gasteiger partial charge in [0.05, 0.1) is 25.1 Å². The number of sulfone groups is 1. The third-order valence-corrected chi connectivity index (χ3v) is 6.84. The van der Waals surface area contributed by atoms with Gasteiger partial charge in [0.2, 0.25) is 5.91 Å². The molecule has 0 saturated heterocycles. The average molecular weight is 429 g/mol. The van der Waals surface area contributed by atoms with E-state index in [-0.39, 0.29) is 36.8 Å². The molecule has 1 atom stereocenters. The van der Waals surface area contributed by atoms with Gasteiger partial charge in [-0.1, -0.05) is 42.5 Å². The van der Waals surface area contributed by atoms with Crippen LogP contribution < -0.4 is 10.3 Å². The number of hydrogen-bond acceptors (Lipinski definition) is 5. The fraction of sp³-hybridized carbons (Fsp3) is 0.273. The van der Waals surface area contributed by atoms with Crippen LogP contribution in [0.4, 0.5) is 0 Å². The molecule has 1 aliphatic rings. The number of nitrogens with zero attached hydrogens (tertiary/aromatic N) is 2. The first kappa shape index (κ1) is 21.6. The van der Waals surface area contributed by atoms with Gasteiger partial charge in [-0.05, 0) is 17.2 Å². The number of aromatic nitrogens is 1. The normalized spacial score (nSPS) is 16.5. The number of amides is 1. The third-order valence-electron chi connectivity index (χ3n) is 4.98. The predicted octanol–water partition coefficient (Wildman–Crippen LogP) is 2.08. The molecule has 30 heavy (non-hydrogen) atoms. The topological polar surface area (TPSA) is 85.7 Å². The maximum atomic E-state index is 13.3. The van der Waals surface area contributed by atoms with Crippen molar-refractivity contribution in [1.29, 1.82) is 0 Å². The molecule has 2 aromatic rings. The Morgan fingerprint density at radius 3 is 2.43 bits per heavy atom. The van der Waals surface area contributed by atoms with Crippen LogP contribution in [-0.2, 0) is 26.9 Å². The van der Waals surface area contributed by atoms with E-state index in [1.54, 1.807) is 0 Å². The largest absolute Gasteiger partial charge is 0.491 e. The van der Waals surface area contributed by atoms with E-state index >= 15 is 0 Å². The molecule has 0 aliphatic carbocycles. The molecule has 1 aliphatic heterocycles. The lowest BCUT2D eigenvalue weighted by atomic mass is 10.1. The summed E-state index contributed by atoms with van der Waals surface area (Å²) < 4.78 is 32.6. The third kappa shape index (κ3) is 3.95. The number of ether oxygens (including phenoxy) is 1. The zero-order chi connectivity index (χ0) is 21.9. The number of pyridine rings is 1. The van der Waals surface area contributed by atoms with Crippen molar-refractivity contribution in [3.05, 3.63) is 88.9 Å². The van der Waals surface area contributed by atoms with Gasteiger partial charge < -0.3 is 14.2 Å². The number of methoxy groups -OCH3 is 1. The maximum Gasteiger partial charge on any atom is 0.293 e. The smallest absolute Gasteiger partial charge is 0.293 e. The molecule has 0 saturated carbocycles. The Bertz CT molecular complexity index is 1130. The number of rotatable bonds is 8. The molecule has 7 nitrogen and oxygen atoms in total. The number of hydrogen-bond donors (Lipinski definition) is 0. The summed E-state index contributed by atoms with van der Waals surface area (Å²) in [6.45, 7) is 7.74. The second-order valence-electron chi connectivity index (χ2n) is 7.01. The van der Waals surface area contributed by atoms with Crippen LogP contribution in [0.25, 0.3) is 0 Å². The van der Waals surface area contributed by atoms with E-state index < -0.39 is 26.6 Å². The molecule has 0 fully saturated rings. The fourth-order valence-electron chi connectivity index (χ4n) is 3.68. The molecule has 1 aromatic carbocycles. The van der Waals surface area contributed by atoms with Crippen LogP contribution in [-0.4, -0.2) is 44.0 Å². The highest BCUT2D eigenvalue weighted by Gasteiger charge is 2.46. The zero-order valence-corrected chi connectivity index (χ0v) is 17.6. The van der Waals surface area contributed by atoms with Gasteiger partial charge in [-0.3, -0.25) is 9.59 Å². The van der Waals surface area contributed by atoms with Crippen LogP contribution in [0.1, 0.15) is 22.1 Å². The molecule has 0 radical (unpaired) electrons. The molecule has 0 bridgehead atoms. The Labute approximate surface area is 175 Å². The summed E-state index contributed by atoms with van der Waals surface area (Å²) in [5, 5.41) is -1.46. The summed E-state index contributed by atoms with van der Waals surface area (Å²) in [5.74, 6) is -0.887. The fourth-order valence-corrected chi connectivity index (χ4v) is 5.58. The Morgan fingerprint density at radius 2 is 1.87 bits per heavy atom. The van der Waals surface area contributed by atoms with Gasteiger partial charge in [0, 0.05) is 13.1 Å². The highest BCUT2D eigenvalue weighted by Crippen LogP contribution is 2.38. The number of benzene rings is 1.